The van der Waals surface area contributed by atoms with Crippen LogP contribution in [-0.2, 0) is 4.74 Å². The van der Waals surface area contributed by atoms with Gasteiger partial charge in [-0.3, -0.25) is 4.79 Å². The van der Waals surface area contributed by atoms with Crippen molar-refractivity contribution < 1.29 is 18.7 Å². The van der Waals surface area contributed by atoms with Crippen LogP contribution in [0.25, 0.3) is 10.6 Å². The predicted molar refractivity (Wildman–Crippen MR) is 124 cm³/mol. The van der Waals surface area contributed by atoms with Crippen molar-refractivity contribution in [2.24, 2.45) is 5.92 Å². The summed E-state index contributed by atoms with van der Waals surface area (Å²) >= 11 is 1.27. The summed E-state index contributed by atoms with van der Waals surface area (Å²) in [6, 6.07) is 6.43. The number of carbonyl (C=O) groups is 2. The second-order valence-corrected chi connectivity index (χ2v) is 10.4. The number of carbonyl (C=O) groups excluding carboxylic acids is 2. The Morgan fingerprint density at radius 1 is 1.31 bits per heavy atom. The van der Waals surface area contributed by atoms with Crippen LogP contribution in [0.5, 0.6) is 0 Å². The van der Waals surface area contributed by atoms with E-state index in [1.54, 1.807) is 33.4 Å². The first kappa shape index (κ1) is 24.2. The van der Waals surface area contributed by atoms with E-state index in [1.165, 1.54) is 17.4 Å². The molecule has 0 N–H and O–H groups in total. The molecule has 2 heterocycles. The molecule has 0 radical (unpaired) electrons. The van der Waals surface area contributed by atoms with Gasteiger partial charge in [-0.15, -0.1) is 11.3 Å². The number of rotatable bonds is 5. The van der Waals surface area contributed by atoms with Gasteiger partial charge >= 0.3 is 6.09 Å². The van der Waals surface area contributed by atoms with Gasteiger partial charge in [0.05, 0.1) is 0 Å². The lowest BCUT2D eigenvalue weighted by atomic mass is 9.96. The van der Waals surface area contributed by atoms with E-state index in [2.05, 4.69) is 4.98 Å². The molecule has 0 saturated carbocycles. The molecule has 1 saturated heterocycles. The lowest BCUT2D eigenvalue weighted by Crippen LogP contribution is -2.48. The highest BCUT2D eigenvalue weighted by Crippen LogP contribution is 2.28. The maximum atomic E-state index is 14.1. The SMILES string of the molecule is CC(C)N(CC1CCCN(C(=O)c2csc(-c3ccccc3F)n2)C1)C(=O)OC(C)(C)C. The van der Waals surface area contributed by atoms with E-state index in [0.29, 0.717) is 35.9 Å². The third-order valence-corrected chi connectivity index (χ3v) is 6.22. The first-order chi connectivity index (χ1) is 15.0. The van der Waals surface area contributed by atoms with Gasteiger partial charge in [-0.05, 0) is 65.5 Å². The van der Waals surface area contributed by atoms with Gasteiger partial charge in [-0.2, -0.15) is 0 Å². The topological polar surface area (TPSA) is 62.7 Å². The summed E-state index contributed by atoms with van der Waals surface area (Å²) in [6.45, 7) is 11.2. The Labute approximate surface area is 193 Å². The number of benzene rings is 1. The molecule has 2 aromatic rings. The Kier molecular flexibility index (Phi) is 7.54. The standard InChI is InChI=1S/C24H32FN3O3S/c1-16(2)28(23(30)31-24(3,4)5)14-17-9-8-12-27(13-17)22(29)20-15-32-21(26-20)18-10-6-7-11-19(18)25/h6-7,10-11,15-17H,8-9,12-14H2,1-5H3. The molecule has 1 fully saturated rings. The summed E-state index contributed by atoms with van der Waals surface area (Å²) in [4.78, 5) is 33.7. The molecule has 1 atom stereocenters. The average Bonchev–Trinajstić information content (AvgIpc) is 3.20. The molecule has 174 valence electrons. The third-order valence-electron chi connectivity index (χ3n) is 5.34. The second kappa shape index (κ2) is 9.98. The van der Waals surface area contributed by atoms with Crippen molar-refractivity contribution in [3.63, 3.8) is 0 Å². The van der Waals surface area contributed by atoms with E-state index < -0.39 is 5.60 Å². The van der Waals surface area contributed by atoms with Crippen LogP contribution in [0.3, 0.4) is 0 Å². The van der Waals surface area contributed by atoms with Crippen molar-refractivity contribution in [3.05, 3.63) is 41.2 Å². The van der Waals surface area contributed by atoms with E-state index >= 15 is 0 Å². The summed E-state index contributed by atoms with van der Waals surface area (Å²) in [5.74, 6) is -0.344. The van der Waals surface area contributed by atoms with Crippen molar-refractivity contribution in [2.75, 3.05) is 19.6 Å². The van der Waals surface area contributed by atoms with Crippen LogP contribution in [-0.4, -0.2) is 58.1 Å². The zero-order valence-electron chi connectivity index (χ0n) is 19.4. The van der Waals surface area contributed by atoms with Gasteiger partial charge in [0, 0.05) is 36.6 Å². The molecular formula is C24H32FN3O3S. The number of nitrogens with zero attached hydrogens (tertiary/aromatic N) is 3. The molecule has 0 spiro atoms. The highest BCUT2D eigenvalue weighted by Gasteiger charge is 2.31. The molecule has 6 nitrogen and oxygen atoms in total. The number of hydrogen-bond donors (Lipinski definition) is 0. The minimum Gasteiger partial charge on any atom is -0.444 e. The normalized spacial score (nSPS) is 16.8. The largest absolute Gasteiger partial charge is 0.444 e. The van der Waals surface area contributed by atoms with Crippen LogP contribution >= 0.6 is 11.3 Å². The fourth-order valence-corrected chi connectivity index (χ4v) is 4.61. The fraction of sp³-hybridized carbons (Fsp3) is 0.542. The Morgan fingerprint density at radius 2 is 2.03 bits per heavy atom. The minimum atomic E-state index is -0.556. The molecular weight excluding hydrogens is 429 g/mol. The first-order valence-corrected chi connectivity index (χ1v) is 11.9. The van der Waals surface area contributed by atoms with Gasteiger partial charge in [0.1, 0.15) is 22.1 Å². The molecule has 2 amide bonds. The summed E-state index contributed by atoms with van der Waals surface area (Å²) in [5, 5.41) is 2.19. The van der Waals surface area contributed by atoms with Gasteiger partial charge in [-0.1, -0.05) is 12.1 Å². The second-order valence-electron chi connectivity index (χ2n) is 9.50. The third kappa shape index (κ3) is 6.06. The van der Waals surface area contributed by atoms with E-state index in [1.807, 2.05) is 34.6 Å². The predicted octanol–water partition coefficient (Wildman–Crippen LogP) is 5.45. The molecule has 3 rings (SSSR count). The monoisotopic (exact) mass is 461 g/mol. The zero-order valence-corrected chi connectivity index (χ0v) is 20.2. The van der Waals surface area contributed by atoms with E-state index in [0.717, 1.165) is 12.8 Å². The summed E-state index contributed by atoms with van der Waals surface area (Å²) in [6.07, 6.45) is 1.47. The number of thiazole rings is 1. The van der Waals surface area contributed by atoms with Gasteiger partial charge in [-0.25, -0.2) is 14.2 Å². The Balaban J connectivity index is 1.67. The number of piperidine rings is 1. The van der Waals surface area contributed by atoms with Crippen molar-refractivity contribution in [1.29, 1.82) is 0 Å². The number of aromatic nitrogens is 1. The Bertz CT molecular complexity index is 954. The maximum Gasteiger partial charge on any atom is 0.410 e. The highest BCUT2D eigenvalue weighted by atomic mass is 32.1. The quantitative estimate of drug-likeness (QED) is 0.594. The number of hydrogen-bond acceptors (Lipinski definition) is 5. The fourth-order valence-electron chi connectivity index (χ4n) is 3.79. The van der Waals surface area contributed by atoms with Gasteiger partial charge in [0.25, 0.3) is 5.91 Å². The molecule has 1 unspecified atom stereocenters. The molecule has 1 aromatic heterocycles. The van der Waals surface area contributed by atoms with E-state index in [-0.39, 0.29) is 29.8 Å². The van der Waals surface area contributed by atoms with Crippen molar-refractivity contribution >= 4 is 23.3 Å². The lowest BCUT2D eigenvalue weighted by molar-refractivity contribution is 0.0123. The average molecular weight is 462 g/mol. The molecule has 0 aliphatic carbocycles. The molecule has 0 bridgehead atoms. The van der Waals surface area contributed by atoms with Crippen LogP contribution < -0.4 is 0 Å². The van der Waals surface area contributed by atoms with Crippen LogP contribution in [0.2, 0.25) is 0 Å². The number of ether oxygens (including phenoxy) is 1. The maximum absolute atomic E-state index is 14.1. The van der Waals surface area contributed by atoms with Crippen LogP contribution in [0.15, 0.2) is 29.6 Å². The first-order valence-electron chi connectivity index (χ1n) is 11.0. The Morgan fingerprint density at radius 3 is 2.69 bits per heavy atom. The van der Waals surface area contributed by atoms with Gasteiger partial charge in [0.2, 0.25) is 0 Å². The van der Waals surface area contributed by atoms with Crippen molar-refractivity contribution in [3.8, 4) is 10.6 Å². The van der Waals surface area contributed by atoms with E-state index in [9.17, 15) is 14.0 Å². The van der Waals surface area contributed by atoms with Crippen LogP contribution in [0, 0.1) is 11.7 Å². The van der Waals surface area contributed by atoms with Gasteiger partial charge < -0.3 is 14.5 Å². The molecule has 8 heteroatoms. The minimum absolute atomic E-state index is 0.00204. The number of likely N-dealkylation sites (tertiary alicyclic amines) is 1. The molecule has 1 aliphatic heterocycles. The van der Waals surface area contributed by atoms with Crippen LogP contribution in [0.4, 0.5) is 9.18 Å². The summed E-state index contributed by atoms with van der Waals surface area (Å²) in [7, 11) is 0. The summed E-state index contributed by atoms with van der Waals surface area (Å²) < 4.78 is 19.6. The highest BCUT2D eigenvalue weighted by molar-refractivity contribution is 7.13. The molecule has 1 aromatic carbocycles. The zero-order chi connectivity index (χ0) is 23.5. The number of halogens is 1. The van der Waals surface area contributed by atoms with E-state index in [4.69, 9.17) is 4.74 Å². The lowest BCUT2D eigenvalue weighted by Gasteiger charge is -2.37. The smallest absolute Gasteiger partial charge is 0.410 e. The number of amides is 2. The van der Waals surface area contributed by atoms with Crippen molar-refractivity contribution in [1.82, 2.24) is 14.8 Å². The van der Waals surface area contributed by atoms with Gasteiger partial charge in [0.15, 0.2) is 0 Å². The summed E-state index contributed by atoms with van der Waals surface area (Å²) in [5.41, 5.74) is 0.180. The Hall–Kier alpha value is -2.48. The van der Waals surface area contributed by atoms with Crippen LogP contribution in [0.1, 0.15) is 57.9 Å². The molecule has 32 heavy (non-hydrogen) atoms. The molecule has 1 aliphatic rings. The van der Waals surface area contributed by atoms with Crippen molar-refractivity contribution in [2.45, 2.75) is 59.1 Å².